The Morgan fingerprint density at radius 2 is 2.42 bits per heavy atom. The van der Waals surface area contributed by atoms with E-state index < -0.39 is 6.10 Å². The van der Waals surface area contributed by atoms with Gasteiger partial charge in [0.05, 0.1) is 23.5 Å². The van der Waals surface area contributed by atoms with Crippen LogP contribution in [0, 0.1) is 0 Å². The molecule has 100 valence electrons. The van der Waals surface area contributed by atoms with E-state index in [2.05, 4.69) is 10.4 Å². The van der Waals surface area contributed by atoms with E-state index in [1.165, 1.54) is 0 Å². The van der Waals surface area contributed by atoms with E-state index >= 15 is 0 Å². The lowest BCUT2D eigenvalue weighted by molar-refractivity contribution is 0.176. The molecule has 2 aromatic rings. The number of amides is 2. The van der Waals surface area contributed by atoms with Crippen LogP contribution in [0.1, 0.15) is 6.42 Å². The predicted molar refractivity (Wildman–Crippen MR) is 71.4 cm³/mol. The van der Waals surface area contributed by atoms with Crippen LogP contribution in [0.3, 0.4) is 0 Å². The number of halogens is 1. The number of fused-ring (bicyclic) bond motifs is 1. The van der Waals surface area contributed by atoms with Crippen LogP contribution >= 0.6 is 11.6 Å². The molecule has 1 aliphatic heterocycles. The molecule has 3 rings (SSSR count). The molecule has 1 fully saturated rings. The molecule has 2 aromatic heterocycles. The number of urea groups is 1. The van der Waals surface area contributed by atoms with E-state index in [0.717, 1.165) is 5.52 Å². The second kappa shape index (κ2) is 4.71. The van der Waals surface area contributed by atoms with Gasteiger partial charge >= 0.3 is 6.03 Å². The molecule has 0 radical (unpaired) electrons. The van der Waals surface area contributed by atoms with Crippen LogP contribution in [-0.4, -0.2) is 44.8 Å². The monoisotopic (exact) mass is 280 g/mol. The Kier molecular flexibility index (Phi) is 3.04. The predicted octanol–water partition coefficient (Wildman–Crippen LogP) is 1.59. The van der Waals surface area contributed by atoms with Gasteiger partial charge in [-0.1, -0.05) is 11.6 Å². The molecule has 1 aliphatic rings. The smallest absolute Gasteiger partial charge is 0.322 e. The fraction of sp³-hybridized carbons (Fsp3) is 0.333. The third kappa shape index (κ3) is 2.36. The zero-order chi connectivity index (χ0) is 13.4. The Morgan fingerprint density at radius 3 is 3.16 bits per heavy atom. The van der Waals surface area contributed by atoms with Crippen molar-refractivity contribution in [1.29, 1.82) is 0 Å². The number of carbonyl (C=O) groups excluding carboxylic acids is 1. The first kappa shape index (κ1) is 12.3. The van der Waals surface area contributed by atoms with Crippen molar-refractivity contribution in [3.05, 3.63) is 29.5 Å². The number of nitrogens with zero attached hydrogens (tertiary/aromatic N) is 3. The first-order valence-corrected chi connectivity index (χ1v) is 6.38. The summed E-state index contributed by atoms with van der Waals surface area (Å²) >= 11 is 5.93. The van der Waals surface area contributed by atoms with Crippen molar-refractivity contribution >= 4 is 28.8 Å². The number of nitrogens with one attached hydrogen (secondary N) is 1. The number of likely N-dealkylation sites (tertiary alicyclic amines) is 1. The molecule has 6 nitrogen and oxygen atoms in total. The molecule has 1 atom stereocenters. The lowest BCUT2D eigenvalue weighted by atomic mass is 10.3. The zero-order valence-electron chi connectivity index (χ0n) is 10.1. The Labute approximate surface area is 114 Å². The molecular formula is C12H13ClN4O2. The third-order valence-electron chi connectivity index (χ3n) is 3.18. The lowest BCUT2D eigenvalue weighted by Crippen LogP contribution is -2.33. The number of rotatable bonds is 1. The van der Waals surface area contributed by atoms with Gasteiger partial charge in [0.2, 0.25) is 0 Å². The van der Waals surface area contributed by atoms with Gasteiger partial charge in [0.1, 0.15) is 0 Å². The number of anilines is 1. The Bertz CT molecular complexity index is 627. The molecule has 0 unspecified atom stereocenters. The minimum absolute atomic E-state index is 0.230. The SMILES string of the molecule is O=C(Nc1cnn2ccc(Cl)cc12)N1CC[C@H](O)C1. The second-order valence-electron chi connectivity index (χ2n) is 4.55. The van der Waals surface area contributed by atoms with Gasteiger partial charge in [-0.3, -0.25) is 0 Å². The van der Waals surface area contributed by atoms with Crippen LogP contribution in [0.15, 0.2) is 24.5 Å². The molecule has 0 spiro atoms. The Hall–Kier alpha value is -1.79. The molecule has 2 N–H and O–H groups in total. The van der Waals surface area contributed by atoms with Gasteiger partial charge in [0.25, 0.3) is 0 Å². The standard InChI is InChI=1S/C12H13ClN4O2/c13-8-1-4-17-11(5-8)10(6-14-17)15-12(19)16-3-2-9(18)7-16/h1,4-6,9,18H,2-3,7H2,(H,15,19)/t9-/m0/s1. The Balaban J connectivity index is 1.81. The van der Waals surface area contributed by atoms with Gasteiger partial charge < -0.3 is 15.3 Å². The highest BCUT2D eigenvalue weighted by Gasteiger charge is 2.25. The minimum atomic E-state index is -0.427. The molecule has 19 heavy (non-hydrogen) atoms. The van der Waals surface area contributed by atoms with E-state index in [-0.39, 0.29) is 6.03 Å². The summed E-state index contributed by atoms with van der Waals surface area (Å²) in [5.74, 6) is 0. The van der Waals surface area contributed by atoms with Gasteiger partial charge in [-0.15, -0.1) is 0 Å². The van der Waals surface area contributed by atoms with E-state index in [1.54, 1.807) is 33.9 Å². The lowest BCUT2D eigenvalue weighted by Gasteiger charge is -2.15. The summed E-state index contributed by atoms with van der Waals surface area (Å²) in [5, 5.41) is 16.9. The van der Waals surface area contributed by atoms with Gasteiger partial charge in [-0.2, -0.15) is 5.10 Å². The number of aliphatic hydroxyl groups excluding tert-OH is 1. The summed E-state index contributed by atoms with van der Waals surface area (Å²) in [4.78, 5) is 13.6. The normalized spacial score (nSPS) is 19.1. The highest BCUT2D eigenvalue weighted by Crippen LogP contribution is 2.21. The Morgan fingerprint density at radius 1 is 1.58 bits per heavy atom. The maximum Gasteiger partial charge on any atom is 0.322 e. The molecular weight excluding hydrogens is 268 g/mol. The highest BCUT2D eigenvalue weighted by molar-refractivity contribution is 6.31. The maximum absolute atomic E-state index is 12.0. The van der Waals surface area contributed by atoms with E-state index in [1.807, 2.05) is 0 Å². The van der Waals surface area contributed by atoms with Crippen LogP contribution in [0.25, 0.3) is 5.52 Å². The number of hydrogen-bond acceptors (Lipinski definition) is 3. The summed E-state index contributed by atoms with van der Waals surface area (Å²) in [7, 11) is 0. The van der Waals surface area contributed by atoms with Crippen molar-refractivity contribution in [2.75, 3.05) is 18.4 Å². The second-order valence-corrected chi connectivity index (χ2v) is 4.99. The van der Waals surface area contributed by atoms with Crippen molar-refractivity contribution in [3.63, 3.8) is 0 Å². The van der Waals surface area contributed by atoms with Crippen LogP contribution in [0.5, 0.6) is 0 Å². The number of hydrogen-bond donors (Lipinski definition) is 2. The molecule has 1 saturated heterocycles. The number of carbonyl (C=O) groups is 1. The van der Waals surface area contributed by atoms with Crippen LogP contribution in [-0.2, 0) is 0 Å². The van der Waals surface area contributed by atoms with Crippen molar-refractivity contribution in [2.45, 2.75) is 12.5 Å². The number of aromatic nitrogens is 2. The van der Waals surface area contributed by atoms with Crippen molar-refractivity contribution in [3.8, 4) is 0 Å². The highest BCUT2D eigenvalue weighted by atomic mass is 35.5. The quantitative estimate of drug-likeness (QED) is 0.833. The average Bonchev–Trinajstić information content (AvgIpc) is 2.97. The first-order valence-electron chi connectivity index (χ1n) is 6.00. The van der Waals surface area contributed by atoms with Crippen molar-refractivity contribution in [1.82, 2.24) is 14.5 Å². The van der Waals surface area contributed by atoms with Crippen LogP contribution in [0.4, 0.5) is 10.5 Å². The molecule has 7 heteroatoms. The number of aliphatic hydroxyl groups is 1. The van der Waals surface area contributed by atoms with E-state index in [0.29, 0.717) is 30.2 Å². The summed E-state index contributed by atoms with van der Waals surface area (Å²) in [6, 6.07) is 3.24. The van der Waals surface area contributed by atoms with E-state index in [9.17, 15) is 9.90 Å². The first-order chi connectivity index (χ1) is 9.13. The van der Waals surface area contributed by atoms with Crippen LogP contribution < -0.4 is 5.32 Å². The molecule has 0 saturated carbocycles. The minimum Gasteiger partial charge on any atom is -0.391 e. The maximum atomic E-state index is 12.0. The van der Waals surface area contributed by atoms with Gasteiger partial charge in [0, 0.05) is 24.3 Å². The molecule has 2 amide bonds. The largest absolute Gasteiger partial charge is 0.391 e. The zero-order valence-corrected chi connectivity index (χ0v) is 10.8. The number of pyridine rings is 1. The molecule has 3 heterocycles. The molecule has 0 aliphatic carbocycles. The molecule has 0 aromatic carbocycles. The fourth-order valence-corrected chi connectivity index (χ4v) is 2.33. The summed E-state index contributed by atoms with van der Waals surface area (Å²) in [6.07, 6.45) is 3.50. The average molecular weight is 281 g/mol. The fourth-order valence-electron chi connectivity index (χ4n) is 2.17. The third-order valence-corrected chi connectivity index (χ3v) is 3.41. The summed E-state index contributed by atoms with van der Waals surface area (Å²) in [6.45, 7) is 0.929. The van der Waals surface area contributed by atoms with Gasteiger partial charge in [-0.05, 0) is 18.6 Å². The van der Waals surface area contributed by atoms with Gasteiger partial charge in [0.15, 0.2) is 0 Å². The van der Waals surface area contributed by atoms with Crippen molar-refractivity contribution < 1.29 is 9.90 Å². The number of β-amino-alcohol motifs (C(OH)–C–C–N with tert-alkyl or cyclic N) is 1. The van der Waals surface area contributed by atoms with Crippen LogP contribution in [0.2, 0.25) is 5.02 Å². The van der Waals surface area contributed by atoms with E-state index in [4.69, 9.17) is 11.6 Å². The summed E-state index contributed by atoms with van der Waals surface area (Å²) < 4.78 is 1.64. The molecule has 0 bridgehead atoms. The summed E-state index contributed by atoms with van der Waals surface area (Å²) in [5.41, 5.74) is 1.34. The topological polar surface area (TPSA) is 69.9 Å². The van der Waals surface area contributed by atoms with Gasteiger partial charge in [-0.25, -0.2) is 9.31 Å². The van der Waals surface area contributed by atoms with Crippen molar-refractivity contribution in [2.24, 2.45) is 0 Å².